The van der Waals surface area contributed by atoms with Crippen molar-refractivity contribution in [2.24, 2.45) is 0 Å². The zero-order valence-electron chi connectivity index (χ0n) is 14.9. The van der Waals surface area contributed by atoms with Gasteiger partial charge in [0.25, 0.3) is 5.91 Å². The molecule has 0 radical (unpaired) electrons. The Morgan fingerprint density at radius 3 is 2.67 bits per heavy atom. The van der Waals surface area contributed by atoms with Crippen LogP contribution in [0.3, 0.4) is 0 Å². The van der Waals surface area contributed by atoms with Gasteiger partial charge in [-0.15, -0.1) is 11.3 Å². The van der Waals surface area contributed by atoms with Gasteiger partial charge >= 0.3 is 0 Å². The second-order valence-electron chi connectivity index (χ2n) is 7.66. The molecule has 3 fully saturated rings. The lowest BCUT2D eigenvalue weighted by Crippen LogP contribution is -2.45. The molecule has 140 valence electrons. The van der Waals surface area contributed by atoms with Gasteiger partial charge in [-0.2, -0.15) is 0 Å². The fourth-order valence-electron chi connectivity index (χ4n) is 4.36. The van der Waals surface area contributed by atoms with Crippen LogP contribution in [0, 0.1) is 0 Å². The summed E-state index contributed by atoms with van der Waals surface area (Å²) in [5.74, 6) is 1.31. The molecule has 3 aliphatic rings. The molecule has 2 amide bonds. The van der Waals surface area contributed by atoms with Crippen molar-refractivity contribution < 1.29 is 9.59 Å². The maximum absolute atomic E-state index is 12.8. The van der Waals surface area contributed by atoms with Crippen LogP contribution >= 0.6 is 11.3 Å². The van der Waals surface area contributed by atoms with Crippen LogP contribution in [0.5, 0.6) is 0 Å². The van der Waals surface area contributed by atoms with Crippen molar-refractivity contribution in [1.29, 1.82) is 0 Å². The average molecular weight is 383 g/mol. The predicted octanol–water partition coefficient (Wildman–Crippen LogP) is 1.91. The van der Waals surface area contributed by atoms with Gasteiger partial charge in [-0.05, 0) is 32.1 Å². The molecule has 1 N–H and O–H groups in total. The van der Waals surface area contributed by atoms with E-state index in [-0.39, 0.29) is 29.9 Å². The van der Waals surface area contributed by atoms with Gasteiger partial charge in [0.1, 0.15) is 5.82 Å². The average Bonchev–Trinajstić information content (AvgIpc) is 3.09. The van der Waals surface area contributed by atoms with Crippen molar-refractivity contribution in [3.8, 4) is 0 Å². The largest absolute Gasteiger partial charge is 0.347 e. The molecule has 1 saturated carbocycles. The minimum absolute atomic E-state index is 0.00442. The zero-order valence-corrected chi connectivity index (χ0v) is 15.7. The number of amides is 2. The molecule has 2 aromatic rings. The van der Waals surface area contributed by atoms with Crippen LogP contribution in [0.25, 0.3) is 0 Å². The zero-order chi connectivity index (χ0) is 18.4. The molecule has 27 heavy (non-hydrogen) atoms. The number of aromatic nitrogens is 3. The first-order valence-corrected chi connectivity index (χ1v) is 10.4. The number of hydrogen-bond donors (Lipinski definition) is 1. The first kappa shape index (κ1) is 16.8. The summed E-state index contributed by atoms with van der Waals surface area (Å²) in [6.07, 6.45) is 10.5. The Kier molecular flexibility index (Phi) is 4.15. The maximum atomic E-state index is 12.8. The minimum Gasteiger partial charge on any atom is -0.347 e. The van der Waals surface area contributed by atoms with Crippen molar-refractivity contribution in [2.45, 2.75) is 62.6 Å². The number of thiazole rings is 1. The molecule has 4 heterocycles. The van der Waals surface area contributed by atoms with Crippen molar-refractivity contribution in [3.63, 3.8) is 0 Å². The highest BCUT2D eigenvalue weighted by molar-refractivity contribution is 7.09. The van der Waals surface area contributed by atoms with Gasteiger partial charge in [-0.3, -0.25) is 14.6 Å². The summed E-state index contributed by atoms with van der Waals surface area (Å²) < 4.78 is 0. The summed E-state index contributed by atoms with van der Waals surface area (Å²) in [5.41, 5.74) is 2.24. The smallest absolute Gasteiger partial charge is 0.254 e. The number of carbonyl (C=O) groups excluding carboxylic acids is 2. The Morgan fingerprint density at radius 2 is 1.96 bits per heavy atom. The summed E-state index contributed by atoms with van der Waals surface area (Å²) in [6, 6.07) is 0.324. The fourth-order valence-corrected chi connectivity index (χ4v) is 4.95. The van der Waals surface area contributed by atoms with Crippen LogP contribution in [-0.4, -0.2) is 49.8 Å². The van der Waals surface area contributed by atoms with E-state index in [1.54, 1.807) is 24.1 Å². The van der Waals surface area contributed by atoms with E-state index in [9.17, 15) is 9.59 Å². The van der Waals surface area contributed by atoms with Gasteiger partial charge in [0, 0.05) is 35.4 Å². The normalized spacial score (nSPS) is 26.4. The third-order valence-electron chi connectivity index (χ3n) is 5.83. The molecule has 2 saturated heterocycles. The molecular formula is C19H21N5O2S. The van der Waals surface area contributed by atoms with Crippen LogP contribution in [-0.2, 0) is 11.2 Å². The van der Waals surface area contributed by atoms with E-state index in [1.165, 1.54) is 11.3 Å². The topological polar surface area (TPSA) is 88.1 Å². The summed E-state index contributed by atoms with van der Waals surface area (Å²) in [6.45, 7) is 0. The highest BCUT2D eigenvalue weighted by Crippen LogP contribution is 2.39. The lowest BCUT2D eigenvalue weighted by molar-refractivity contribution is -0.131. The number of nitrogens with zero attached hydrogens (tertiary/aromatic N) is 4. The summed E-state index contributed by atoms with van der Waals surface area (Å²) >= 11 is 1.51. The van der Waals surface area contributed by atoms with E-state index in [1.807, 2.05) is 4.90 Å². The first-order chi connectivity index (χ1) is 13.2. The third kappa shape index (κ3) is 3.22. The number of fused-ring (bicyclic) bond motifs is 2. The van der Waals surface area contributed by atoms with E-state index in [0.29, 0.717) is 17.9 Å². The minimum atomic E-state index is -0.148. The molecule has 5 rings (SSSR count). The molecule has 0 spiro atoms. The van der Waals surface area contributed by atoms with E-state index in [4.69, 9.17) is 0 Å². The molecule has 0 unspecified atom stereocenters. The summed E-state index contributed by atoms with van der Waals surface area (Å²) in [4.78, 5) is 41.0. The molecule has 8 heteroatoms. The Balaban J connectivity index is 1.23. The Hall–Kier alpha value is -2.35. The van der Waals surface area contributed by atoms with E-state index in [0.717, 1.165) is 42.8 Å². The standard InChI is InChI=1S/C19H21N5O2S/c25-17(6-14-9-20-10-27-14)24-13-3-4-16(24)15(5-13)23-19(26)12-7-21-18(22-8-12)11-1-2-11/h7-11,13,15-16H,1-6H2,(H,23,26)/t13-,15+,16+/m1/s1. The third-order valence-corrected chi connectivity index (χ3v) is 6.61. The molecule has 2 bridgehead atoms. The van der Waals surface area contributed by atoms with Crippen molar-refractivity contribution in [2.75, 3.05) is 0 Å². The van der Waals surface area contributed by atoms with Gasteiger partial charge < -0.3 is 10.2 Å². The Labute approximate surface area is 161 Å². The maximum Gasteiger partial charge on any atom is 0.254 e. The van der Waals surface area contributed by atoms with E-state index < -0.39 is 0 Å². The number of hydrogen-bond acceptors (Lipinski definition) is 6. The Morgan fingerprint density at radius 1 is 1.15 bits per heavy atom. The molecule has 2 aliphatic heterocycles. The molecule has 3 atom stereocenters. The van der Waals surface area contributed by atoms with Gasteiger partial charge in [0.05, 0.1) is 29.6 Å². The SMILES string of the molecule is O=C(N[C@H]1C[C@H]2CC[C@@H]1N2C(=O)Cc1cncs1)c1cnc(C2CC2)nc1. The molecule has 1 aliphatic carbocycles. The van der Waals surface area contributed by atoms with Gasteiger partial charge in [-0.1, -0.05) is 0 Å². The van der Waals surface area contributed by atoms with Crippen molar-refractivity contribution in [1.82, 2.24) is 25.2 Å². The Bertz CT molecular complexity index is 849. The van der Waals surface area contributed by atoms with Crippen LogP contribution in [0.4, 0.5) is 0 Å². The van der Waals surface area contributed by atoms with E-state index >= 15 is 0 Å². The first-order valence-electron chi connectivity index (χ1n) is 9.50. The monoisotopic (exact) mass is 383 g/mol. The second-order valence-corrected chi connectivity index (χ2v) is 8.63. The van der Waals surface area contributed by atoms with Crippen molar-refractivity contribution in [3.05, 3.63) is 40.4 Å². The molecular weight excluding hydrogens is 362 g/mol. The molecule has 0 aromatic carbocycles. The van der Waals surface area contributed by atoms with Crippen molar-refractivity contribution >= 4 is 23.2 Å². The molecule has 7 nitrogen and oxygen atoms in total. The quantitative estimate of drug-likeness (QED) is 0.852. The predicted molar refractivity (Wildman–Crippen MR) is 99.4 cm³/mol. The van der Waals surface area contributed by atoms with Gasteiger partial charge in [0.2, 0.25) is 5.91 Å². The number of rotatable bonds is 5. The fraction of sp³-hybridized carbons (Fsp3) is 0.526. The van der Waals surface area contributed by atoms with Crippen LogP contribution in [0.2, 0.25) is 0 Å². The van der Waals surface area contributed by atoms with Gasteiger partial charge in [-0.25, -0.2) is 9.97 Å². The van der Waals surface area contributed by atoms with Crippen LogP contribution in [0.15, 0.2) is 24.1 Å². The highest BCUT2D eigenvalue weighted by atomic mass is 32.1. The number of nitrogens with one attached hydrogen (secondary N) is 1. The van der Waals surface area contributed by atoms with Crippen LogP contribution in [0.1, 0.15) is 59.1 Å². The highest BCUT2D eigenvalue weighted by Gasteiger charge is 2.48. The summed E-state index contributed by atoms with van der Waals surface area (Å²) in [7, 11) is 0. The lowest BCUT2D eigenvalue weighted by atomic mass is 9.95. The van der Waals surface area contributed by atoms with Crippen LogP contribution < -0.4 is 5.32 Å². The van der Waals surface area contributed by atoms with Gasteiger partial charge in [0.15, 0.2) is 0 Å². The summed E-state index contributed by atoms with van der Waals surface area (Å²) in [5, 5.41) is 3.11. The molecule has 2 aromatic heterocycles. The van der Waals surface area contributed by atoms with E-state index in [2.05, 4.69) is 20.3 Å². The second kappa shape index (κ2) is 6.67. The lowest BCUT2D eigenvalue weighted by Gasteiger charge is -2.25. The number of carbonyl (C=O) groups is 2.